The van der Waals surface area contributed by atoms with Crippen molar-refractivity contribution < 1.29 is 14.6 Å². The Balaban J connectivity index is 2.35. The molecule has 2 N–H and O–H groups in total. The van der Waals surface area contributed by atoms with Crippen LogP contribution < -0.4 is 5.32 Å². The van der Waals surface area contributed by atoms with Gasteiger partial charge in [0.05, 0.1) is 22.3 Å². The fourth-order valence-electron chi connectivity index (χ4n) is 1.95. The first-order chi connectivity index (χ1) is 10.5. The fourth-order valence-corrected chi connectivity index (χ4v) is 2.44. The molecule has 0 saturated heterocycles. The molecule has 0 aliphatic carbocycles. The van der Waals surface area contributed by atoms with Crippen molar-refractivity contribution in [3.05, 3.63) is 58.1 Å². The summed E-state index contributed by atoms with van der Waals surface area (Å²) >= 11 is 12.2. The molecular weight excluding hydrogens is 325 g/mol. The molecule has 22 heavy (non-hydrogen) atoms. The lowest BCUT2D eigenvalue weighted by Gasteiger charge is -2.17. The average Bonchev–Trinajstić information content (AvgIpc) is 2.51. The number of esters is 1. The van der Waals surface area contributed by atoms with Gasteiger partial charge in [0, 0.05) is 11.3 Å². The minimum Gasteiger partial charge on any atom is -0.464 e. The predicted octanol–water partition coefficient (Wildman–Crippen LogP) is 4.33. The van der Waals surface area contributed by atoms with Crippen molar-refractivity contribution in [2.75, 3.05) is 11.9 Å². The minimum atomic E-state index is -1.38. The summed E-state index contributed by atoms with van der Waals surface area (Å²) in [7, 11) is 0. The molecule has 2 aromatic rings. The lowest BCUT2D eigenvalue weighted by molar-refractivity contribution is -0.153. The number of para-hydroxylation sites is 2. The molecule has 116 valence electrons. The number of aliphatic hydroxyl groups is 1. The van der Waals surface area contributed by atoms with E-state index < -0.39 is 12.1 Å². The van der Waals surface area contributed by atoms with Crippen LogP contribution in [-0.2, 0) is 9.53 Å². The van der Waals surface area contributed by atoms with E-state index in [9.17, 15) is 9.90 Å². The van der Waals surface area contributed by atoms with Gasteiger partial charge in [-0.05, 0) is 25.1 Å². The highest BCUT2D eigenvalue weighted by Crippen LogP contribution is 2.35. The summed E-state index contributed by atoms with van der Waals surface area (Å²) in [5.74, 6) is -0.706. The molecule has 0 radical (unpaired) electrons. The standard InChI is InChI=1S/C16H15Cl2NO3/c1-2-22-16(21)15(20)10-6-3-4-9-13(10)19-14-11(17)7-5-8-12(14)18/h3-9,15,19-20H,2H2,1H3. The van der Waals surface area contributed by atoms with E-state index in [2.05, 4.69) is 5.32 Å². The molecule has 0 saturated carbocycles. The Morgan fingerprint density at radius 2 is 1.82 bits per heavy atom. The van der Waals surface area contributed by atoms with Crippen LogP contribution in [0.25, 0.3) is 0 Å². The maximum atomic E-state index is 11.7. The number of ether oxygens (including phenoxy) is 1. The van der Waals surface area contributed by atoms with Crippen molar-refractivity contribution in [3.8, 4) is 0 Å². The van der Waals surface area contributed by atoms with Gasteiger partial charge in [0.2, 0.25) is 0 Å². The van der Waals surface area contributed by atoms with E-state index in [-0.39, 0.29) is 6.61 Å². The molecule has 0 aliphatic rings. The van der Waals surface area contributed by atoms with E-state index in [0.29, 0.717) is 27.0 Å². The summed E-state index contributed by atoms with van der Waals surface area (Å²) in [5, 5.41) is 14.1. The van der Waals surface area contributed by atoms with Gasteiger partial charge in [0.1, 0.15) is 0 Å². The van der Waals surface area contributed by atoms with Gasteiger partial charge in [-0.3, -0.25) is 0 Å². The Morgan fingerprint density at radius 1 is 1.18 bits per heavy atom. The third kappa shape index (κ3) is 3.71. The third-order valence-electron chi connectivity index (χ3n) is 2.99. The first-order valence-electron chi connectivity index (χ1n) is 6.69. The van der Waals surface area contributed by atoms with Crippen molar-refractivity contribution in [1.29, 1.82) is 0 Å². The molecule has 1 unspecified atom stereocenters. The number of carbonyl (C=O) groups excluding carboxylic acids is 1. The van der Waals surface area contributed by atoms with Gasteiger partial charge < -0.3 is 15.2 Å². The molecule has 6 heteroatoms. The Bertz CT molecular complexity index is 656. The second-order valence-corrected chi connectivity index (χ2v) is 5.28. The number of benzene rings is 2. The van der Waals surface area contributed by atoms with Gasteiger partial charge in [-0.15, -0.1) is 0 Å². The first kappa shape index (κ1) is 16.6. The van der Waals surface area contributed by atoms with Gasteiger partial charge in [-0.25, -0.2) is 4.79 Å². The second-order valence-electron chi connectivity index (χ2n) is 4.46. The zero-order valence-electron chi connectivity index (χ0n) is 11.8. The van der Waals surface area contributed by atoms with E-state index in [0.717, 1.165) is 0 Å². The summed E-state index contributed by atoms with van der Waals surface area (Å²) in [6.45, 7) is 1.88. The number of hydrogen-bond donors (Lipinski definition) is 2. The van der Waals surface area contributed by atoms with E-state index in [1.54, 1.807) is 49.4 Å². The second kappa shape index (κ2) is 7.49. The number of aliphatic hydroxyl groups excluding tert-OH is 1. The summed E-state index contributed by atoms with van der Waals surface area (Å²) in [5.41, 5.74) is 1.42. The van der Waals surface area contributed by atoms with Crippen molar-refractivity contribution in [1.82, 2.24) is 0 Å². The number of carbonyl (C=O) groups is 1. The minimum absolute atomic E-state index is 0.196. The lowest BCUT2D eigenvalue weighted by Crippen LogP contribution is -2.16. The molecule has 2 aromatic carbocycles. The van der Waals surface area contributed by atoms with Crippen molar-refractivity contribution in [3.63, 3.8) is 0 Å². The number of halogens is 2. The van der Waals surface area contributed by atoms with Gasteiger partial charge in [0.25, 0.3) is 0 Å². The fraction of sp³-hybridized carbons (Fsp3) is 0.188. The third-order valence-corrected chi connectivity index (χ3v) is 3.62. The van der Waals surface area contributed by atoms with Crippen LogP contribution in [-0.4, -0.2) is 17.7 Å². The van der Waals surface area contributed by atoms with Crippen LogP contribution in [0.15, 0.2) is 42.5 Å². The highest BCUT2D eigenvalue weighted by molar-refractivity contribution is 6.39. The van der Waals surface area contributed by atoms with Crippen molar-refractivity contribution >= 4 is 40.5 Å². The Labute approximate surface area is 138 Å². The maximum Gasteiger partial charge on any atom is 0.339 e. The Morgan fingerprint density at radius 3 is 2.45 bits per heavy atom. The molecule has 0 aromatic heterocycles. The predicted molar refractivity (Wildman–Crippen MR) is 87.8 cm³/mol. The van der Waals surface area contributed by atoms with Crippen molar-refractivity contribution in [2.24, 2.45) is 0 Å². The van der Waals surface area contributed by atoms with Gasteiger partial charge in [0.15, 0.2) is 6.10 Å². The largest absolute Gasteiger partial charge is 0.464 e. The van der Waals surface area contributed by atoms with Crippen LogP contribution in [0.1, 0.15) is 18.6 Å². The molecule has 2 rings (SSSR count). The zero-order chi connectivity index (χ0) is 16.1. The van der Waals surface area contributed by atoms with E-state index in [4.69, 9.17) is 27.9 Å². The highest BCUT2D eigenvalue weighted by Gasteiger charge is 2.22. The molecule has 0 aliphatic heterocycles. The van der Waals surface area contributed by atoms with Gasteiger partial charge in [-0.1, -0.05) is 47.5 Å². The Kier molecular flexibility index (Phi) is 5.66. The van der Waals surface area contributed by atoms with Crippen LogP contribution in [0.2, 0.25) is 10.0 Å². The van der Waals surface area contributed by atoms with Crippen molar-refractivity contribution in [2.45, 2.75) is 13.0 Å². The van der Waals surface area contributed by atoms with E-state index in [1.807, 2.05) is 0 Å². The number of nitrogens with one attached hydrogen (secondary N) is 1. The normalized spacial score (nSPS) is 11.8. The quantitative estimate of drug-likeness (QED) is 0.796. The molecule has 0 bridgehead atoms. The molecular formula is C16H15Cl2NO3. The van der Waals surface area contributed by atoms with E-state index in [1.165, 1.54) is 0 Å². The topological polar surface area (TPSA) is 58.6 Å². The molecule has 0 heterocycles. The Hall–Kier alpha value is -1.75. The summed E-state index contributed by atoms with van der Waals surface area (Å²) in [6.07, 6.45) is -1.38. The molecule has 0 amide bonds. The molecule has 1 atom stereocenters. The smallest absolute Gasteiger partial charge is 0.339 e. The summed E-state index contributed by atoms with van der Waals surface area (Å²) < 4.78 is 4.84. The molecule has 0 spiro atoms. The summed E-state index contributed by atoms with van der Waals surface area (Å²) in [6, 6.07) is 12.0. The SMILES string of the molecule is CCOC(=O)C(O)c1ccccc1Nc1c(Cl)cccc1Cl. The van der Waals surface area contributed by atoms with Crippen LogP contribution >= 0.6 is 23.2 Å². The van der Waals surface area contributed by atoms with Crippen LogP contribution in [0, 0.1) is 0 Å². The van der Waals surface area contributed by atoms with Crippen LogP contribution in [0.4, 0.5) is 11.4 Å². The first-order valence-corrected chi connectivity index (χ1v) is 7.44. The van der Waals surface area contributed by atoms with Crippen LogP contribution in [0.5, 0.6) is 0 Å². The highest BCUT2D eigenvalue weighted by atomic mass is 35.5. The van der Waals surface area contributed by atoms with Gasteiger partial charge in [-0.2, -0.15) is 0 Å². The van der Waals surface area contributed by atoms with E-state index >= 15 is 0 Å². The maximum absolute atomic E-state index is 11.7. The van der Waals surface area contributed by atoms with Crippen LogP contribution in [0.3, 0.4) is 0 Å². The lowest BCUT2D eigenvalue weighted by atomic mass is 10.1. The monoisotopic (exact) mass is 339 g/mol. The number of rotatable bonds is 5. The molecule has 0 fully saturated rings. The average molecular weight is 340 g/mol. The zero-order valence-corrected chi connectivity index (χ0v) is 13.4. The molecule has 4 nitrogen and oxygen atoms in total. The van der Waals surface area contributed by atoms with Gasteiger partial charge >= 0.3 is 5.97 Å². The number of hydrogen-bond acceptors (Lipinski definition) is 4. The number of anilines is 2. The summed E-state index contributed by atoms with van der Waals surface area (Å²) in [4.78, 5) is 11.7.